The molecule has 4 heteroatoms. The van der Waals surface area contributed by atoms with Crippen molar-refractivity contribution in [2.75, 3.05) is 0 Å². The second-order valence-electron chi connectivity index (χ2n) is 19.0. The highest BCUT2D eigenvalue weighted by Crippen LogP contribution is 2.44. The average molecular weight is 910 g/mol. The highest BCUT2D eigenvalue weighted by atomic mass is 16.3. The third-order valence-corrected chi connectivity index (χ3v) is 13.0. The first-order valence-corrected chi connectivity index (χ1v) is 23.0. The van der Waals surface area contributed by atoms with E-state index in [0.29, 0.717) is 56.1 Å². The lowest BCUT2D eigenvalue weighted by Crippen LogP contribution is -2.10. The lowest BCUT2D eigenvalue weighted by atomic mass is 9.85. The molecule has 0 radical (unpaired) electrons. The predicted octanol–water partition coefficient (Wildman–Crippen LogP) is 17.3. The zero-order valence-electron chi connectivity index (χ0n) is 51.2. The van der Waals surface area contributed by atoms with Gasteiger partial charge < -0.3 is 5.11 Å². The highest BCUT2D eigenvalue weighted by Gasteiger charge is 2.25. The number of hydrogen-bond acceptors (Lipinski definition) is 3. The van der Waals surface area contributed by atoms with Gasteiger partial charge in [0.05, 0.1) is 28.0 Å². The molecule has 69 heavy (non-hydrogen) atoms. The van der Waals surface area contributed by atoms with Crippen molar-refractivity contribution < 1.29 is 21.6 Å². The summed E-state index contributed by atoms with van der Waals surface area (Å²) in [6.45, 7) is -2.48. The lowest BCUT2D eigenvalue weighted by Gasteiger charge is -2.21. The fourth-order valence-corrected chi connectivity index (χ4v) is 9.31. The fourth-order valence-electron chi connectivity index (χ4n) is 9.31. The molecular formula is C65H59N3O. The zero-order valence-corrected chi connectivity index (χ0v) is 39.2. The van der Waals surface area contributed by atoms with Crippen LogP contribution in [0.2, 0.25) is 0 Å². The van der Waals surface area contributed by atoms with Gasteiger partial charge in [-0.15, -0.1) is 0 Å². The van der Waals surface area contributed by atoms with Gasteiger partial charge in [0, 0.05) is 39.3 Å². The summed E-state index contributed by atoms with van der Waals surface area (Å²) in [5.74, 6) is 0.429. The van der Waals surface area contributed by atoms with E-state index in [0.717, 1.165) is 55.6 Å². The van der Waals surface area contributed by atoms with E-state index >= 15 is 0 Å². The molecule has 340 valence electrons. The maximum Gasteiger partial charge on any atom is 0.149 e. The van der Waals surface area contributed by atoms with Gasteiger partial charge in [0.1, 0.15) is 11.6 Å². The van der Waals surface area contributed by atoms with Gasteiger partial charge in [0.2, 0.25) is 0 Å². The number of rotatable bonds is 8. The first-order chi connectivity index (χ1) is 38.1. The minimum absolute atomic E-state index is 0.0341. The summed E-state index contributed by atoms with van der Waals surface area (Å²) in [7, 11) is 0. The summed E-state index contributed by atoms with van der Waals surface area (Å²) in [4.78, 5) is 10.3. The molecule has 8 aromatic carbocycles. The molecule has 2 heterocycles. The second-order valence-corrected chi connectivity index (χ2v) is 19.0. The molecule has 0 unspecified atom stereocenters. The molecule has 0 spiro atoms. The van der Waals surface area contributed by atoms with Crippen molar-refractivity contribution >= 4 is 11.0 Å². The van der Waals surface area contributed by atoms with E-state index in [2.05, 4.69) is 51.1 Å². The number of para-hydroxylation sites is 1. The summed E-state index contributed by atoms with van der Waals surface area (Å²) in [5.41, 5.74) is 10.1. The van der Waals surface area contributed by atoms with E-state index in [1.807, 2.05) is 134 Å². The maximum absolute atomic E-state index is 12.1. The third-order valence-electron chi connectivity index (χ3n) is 13.0. The zero-order chi connectivity index (χ0) is 58.2. The average Bonchev–Trinajstić information content (AvgIpc) is 3.83. The number of aryl methyl sites for hydroxylation is 3. The Morgan fingerprint density at radius 1 is 0.478 bits per heavy atom. The number of phenols is 1. The largest absolute Gasteiger partial charge is 0.507 e. The van der Waals surface area contributed by atoms with Crippen molar-refractivity contribution in [3.05, 3.63) is 216 Å². The van der Waals surface area contributed by atoms with Crippen LogP contribution < -0.4 is 0 Å². The van der Waals surface area contributed by atoms with Crippen molar-refractivity contribution in [1.29, 1.82) is 0 Å². The van der Waals surface area contributed by atoms with E-state index in [1.54, 1.807) is 18.3 Å². The Balaban J connectivity index is 1.22. The lowest BCUT2D eigenvalue weighted by molar-refractivity contribution is 0.472. The van der Waals surface area contributed by atoms with Crippen LogP contribution in [0.25, 0.3) is 95.0 Å². The number of benzene rings is 8. The summed E-state index contributed by atoms with van der Waals surface area (Å²) >= 11 is 0. The van der Waals surface area contributed by atoms with Crippen LogP contribution in [-0.2, 0) is 10.8 Å². The minimum Gasteiger partial charge on any atom is -0.507 e. The first-order valence-electron chi connectivity index (χ1n) is 29.0. The van der Waals surface area contributed by atoms with E-state index in [9.17, 15) is 5.11 Å². The molecule has 0 saturated carbocycles. The van der Waals surface area contributed by atoms with Crippen LogP contribution >= 0.6 is 0 Å². The summed E-state index contributed by atoms with van der Waals surface area (Å²) in [6.07, 6.45) is 1.64. The van der Waals surface area contributed by atoms with Crippen LogP contribution in [-0.4, -0.2) is 19.6 Å². The molecule has 0 saturated heterocycles. The van der Waals surface area contributed by atoms with Crippen molar-refractivity contribution in [3.63, 3.8) is 0 Å². The molecule has 0 fully saturated rings. The fraction of sp³-hybridized carbons (Fsp3) is 0.169. The minimum atomic E-state index is -3.40. The number of phenolic OH excluding ortho intramolecular Hbond substituents is 1. The quantitative estimate of drug-likeness (QED) is 0.165. The van der Waals surface area contributed by atoms with Gasteiger partial charge in [0.15, 0.2) is 0 Å². The Kier molecular flexibility index (Phi) is 8.41. The summed E-state index contributed by atoms with van der Waals surface area (Å²) < 4.78 is 103. The predicted molar refractivity (Wildman–Crippen MR) is 290 cm³/mol. The Morgan fingerprint density at radius 3 is 1.78 bits per heavy atom. The van der Waals surface area contributed by atoms with Crippen LogP contribution in [0.4, 0.5) is 0 Å². The van der Waals surface area contributed by atoms with Gasteiger partial charge in [-0.05, 0) is 158 Å². The molecule has 10 aromatic rings. The van der Waals surface area contributed by atoms with E-state index in [1.165, 1.54) is 24.3 Å². The molecule has 0 aliphatic carbocycles. The topological polar surface area (TPSA) is 50.9 Å². The van der Waals surface area contributed by atoms with Crippen LogP contribution in [0.5, 0.6) is 5.75 Å². The molecule has 0 atom stereocenters. The summed E-state index contributed by atoms with van der Waals surface area (Å²) in [6, 6.07) is 56.5. The molecular weight excluding hydrogens is 839 g/mol. The smallest absolute Gasteiger partial charge is 0.149 e. The van der Waals surface area contributed by atoms with Crippen LogP contribution in [0.1, 0.15) is 85.6 Å². The number of aromatic hydroxyl groups is 1. The van der Waals surface area contributed by atoms with Crippen molar-refractivity contribution in [3.8, 4) is 89.7 Å². The van der Waals surface area contributed by atoms with Crippen LogP contribution in [0, 0.1) is 20.7 Å². The standard InChI is InChI=1S/C65H59N3O/c1-41-33-43(3)62(69)57(34-41)63-67-61-54(50-36-49(44-17-12-10-13-18-44)37-51(38-50)58-39-48(31-32-66-58)45-23-27-52(28-24-45)64(4,5)6)21-16-22-59(61)68(63)60-35-42(2)55(46-19-14-11-15-20-46)40-56(60)47-25-29-53(30-26-47)65(7,8)9/h10-40,69H,1-9H3/i2D3,4D3,5D3,6D3. The maximum atomic E-state index is 12.1. The van der Waals surface area contributed by atoms with Crippen LogP contribution in [0.15, 0.2) is 188 Å². The Hall–Kier alpha value is -7.82. The Labute approximate surface area is 424 Å². The Bertz CT molecular complexity index is 3950. The number of fused-ring (bicyclic) bond motifs is 1. The van der Waals surface area contributed by atoms with E-state index < -0.39 is 32.8 Å². The molecule has 2 aromatic heterocycles. The van der Waals surface area contributed by atoms with Gasteiger partial charge >= 0.3 is 0 Å². The summed E-state index contributed by atoms with van der Waals surface area (Å²) in [5, 5.41) is 12.1. The van der Waals surface area contributed by atoms with Gasteiger partial charge in [0.25, 0.3) is 0 Å². The monoisotopic (exact) mass is 910 g/mol. The number of hydrogen-bond donors (Lipinski definition) is 1. The molecule has 0 aliphatic heterocycles. The highest BCUT2D eigenvalue weighted by molar-refractivity contribution is 5.99. The molecule has 0 bridgehead atoms. The third kappa shape index (κ3) is 8.80. The molecule has 0 aliphatic rings. The van der Waals surface area contributed by atoms with Gasteiger partial charge in [-0.1, -0.05) is 169 Å². The molecule has 10 rings (SSSR count). The van der Waals surface area contributed by atoms with Crippen molar-refractivity contribution in [1.82, 2.24) is 14.5 Å². The van der Waals surface area contributed by atoms with Gasteiger partial charge in [-0.25, -0.2) is 4.98 Å². The molecule has 4 nitrogen and oxygen atoms in total. The number of imidazole rings is 1. The van der Waals surface area contributed by atoms with Crippen molar-refractivity contribution in [2.45, 2.75) is 72.9 Å². The number of pyridine rings is 1. The Morgan fingerprint density at radius 2 is 1.10 bits per heavy atom. The van der Waals surface area contributed by atoms with E-state index in [-0.39, 0.29) is 22.3 Å². The van der Waals surface area contributed by atoms with Gasteiger partial charge in [-0.3, -0.25) is 9.55 Å². The normalized spacial score (nSPS) is 15.2. The van der Waals surface area contributed by atoms with E-state index in [4.69, 9.17) is 26.4 Å². The molecule has 0 amide bonds. The van der Waals surface area contributed by atoms with Crippen LogP contribution in [0.3, 0.4) is 0 Å². The first kappa shape index (κ1) is 32.8. The van der Waals surface area contributed by atoms with Crippen molar-refractivity contribution in [2.24, 2.45) is 0 Å². The number of nitrogens with zero attached hydrogens (tertiary/aromatic N) is 3. The molecule has 1 N–H and O–H groups in total. The SMILES string of the molecule is [2H]C([2H])([2H])c1cc(-n2c(-c3cc(C)cc(C)c3O)nc3c(-c4cc(-c5ccccc5)cc(-c5cc(-c6ccc(C(C([2H])([2H])[2H])(C([2H])([2H])[2H])C([2H])([2H])[2H])cc6)ccn5)c4)cccc32)c(-c2ccc(C(C)(C)C)cc2)cc1-c1ccccc1. The second kappa shape index (κ2) is 17.7. The van der Waals surface area contributed by atoms with Gasteiger partial charge in [-0.2, -0.15) is 0 Å². The number of aromatic nitrogens is 3.